The second-order valence-electron chi connectivity index (χ2n) is 5.44. The van der Waals surface area contributed by atoms with Crippen molar-refractivity contribution in [1.29, 1.82) is 0 Å². The van der Waals surface area contributed by atoms with Crippen LogP contribution < -0.4 is 10.6 Å². The minimum absolute atomic E-state index is 0.0253. The largest absolute Gasteiger partial charge is 0.324 e. The lowest BCUT2D eigenvalue weighted by atomic mass is 10.0. The van der Waals surface area contributed by atoms with Crippen molar-refractivity contribution in [2.45, 2.75) is 33.2 Å². The molecule has 0 atom stereocenters. The molecule has 0 fully saturated rings. The molecular weight excluding hydrogens is 308 g/mol. The monoisotopic (exact) mass is 330 g/mol. The normalized spacial score (nSPS) is 10.6. The molecule has 0 bridgehead atoms. The highest BCUT2D eigenvalue weighted by molar-refractivity contribution is 6.30. The van der Waals surface area contributed by atoms with Gasteiger partial charge in [-0.2, -0.15) is 0 Å². The van der Waals surface area contributed by atoms with Gasteiger partial charge in [0.2, 0.25) is 5.91 Å². The summed E-state index contributed by atoms with van der Waals surface area (Å²) in [7, 11) is 0. The number of hydrogen-bond donors (Lipinski definition) is 2. The number of halogens is 1. The predicted molar refractivity (Wildman–Crippen MR) is 97.0 cm³/mol. The van der Waals surface area contributed by atoms with Gasteiger partial charge < -0.3 is 10.6 Å². The molecule has 2 rings (SSSR count). The van der Waals surface area contributed by atoms with Crippen LogP contribution in [0.25, 0.3) is 0 Å². The Kier molecular flexibility index (Phi) is 6.63. The molecule has 0 spiro atoms. The van der Waals surface area contributed by atoms with Crippen LogP contribution in [0.3, 0.4) is 0 Å². The maximum absolute atomic E-state index is 12.2. The van der Waals surface area contributed by atoms with Crippen molar-refractivity contribution in [3.63, 3.8) is 0 Å². The van der Waals surface area contributed by atoms with E-state index in [0.29, 0.717) is 11.6 Å². The number of carbonyl (C=O) groups excluding carboxylic acids is 1. The van der Waals surface area contributed by atoms with E-state index in [9.17, 15) is 4.79 Å². The Bertz CT molecular complexity index is 648. The van der Waals surface area contributed by atoms with E-state index >= 15 is 0 Å². The Labute approximate surface area is 143 Å². The molecule has 0 aromatic heterocycles. The summed E-state index contributed by atoms with van der Waals surface area (Å²) in [6.07, 6.45) is 1.80. The SMILES string of the molecule is CCc1cccc(CC)c1NC(=O)CNCc1cccc(Cl)c1. The number of anilines is 1. The molecule has 1 amide bonds. The topological polar surface area (TPSA) is 41.1 Å². The fraction of sp³-hybridized carbons (Fsp3) is 0.316. The van der Waals surface area contributed by atoms with E-state index in [1.807, 2.05) is 30.3 Å². The lowest BCUT2D eigenvalue weighted by molar-refractivity contribution is -0.115. The molecule has 122 valence electrons. The van der Waals surface area contributed by atoms with Crippen molar-refractivity contribution < 1.29 is 4.79 Å². The van der Waals surface area contributed by atoms with E-state index < -0.39 is 0 Å². The van der Waals surface area contributed by atoms with Crippen molar-refractivity contribution in [2.75, 3.05) is 11.9 Å². The predicted octanol–water partition coefficient (Wildman–Crippen LogP) is 4.19. The Morgan fingerprint density at radius 2 is 1.70 bits per heavy atom. The van der Waals surface area contributed by atoms with Gasteiger partial charge in [0.25, 0.3) is 0 Å². The van der Waals surface area contributed by atoms with E-state index in [-0.39, 0.29) is 12.5 Å². The van der Waals surface area contributed by atoms with E-state index in [1.165, 1.54) is 11.1 Å². The zero-order valence-electron chi connectivity index (χ0n) is 13.7. The minimum Gasteiger partial charge on any atom is -0.324 e. The Hall–Kier alpha value is -1.84. The Morgan fingerprint density at radius 3 is 2.30 bits per heavy atom. The second kappa shape index (κ2) is 8.70. The molecule has 0 aliphatic carbocycles. The van der Waals surface area contributed by atoms with Gasteiger partial charge in [-0.3, -0.25) is 4.79 Å². The Morgan fingerprint density at radius 1 is 1.04 bits per heavy atom. The molecule has 0 radical (unpaired) electrons. The van der Waals surface area contributed by atoms with Gasteiger partial charge in [-0.25, -0.2) is 0 Å². The first-order chi connectivity index (χ1) is 11.1. The van der Waals surface area contributed by atoms with Gasteiger partial charge in [0, 0.05) is 17.3 Å². The number of hydrogen-bond acceptors (Lipinski definition) is 2. The third-order valence-electron chi connectivity index (χ3n) is 3.77. The first kappa shape index (κ1) is 17.5. The van der Waals surface area contributed by atoms with Gasteiger partial charge in [0.05, 0.1) is 6.54 Å². The standard InChI is InChI=1S/C19H23ClN2O/c1-3-15-8-6-9-16(4-2)19(15)22-18(23)13-21-12-14-7-5-10-17(20)11-14/h5-11,21H,3-4,12-13H2,1-2H3,(H,22,23). The summed E-state index contributed by atoms with van der Waals surface area (Å²) in [5.41, 5.74) is 4.38. The number of amides is 1. The van der Waals surface area contributed by atoms with Gasteiger partial charge in [0.15, 0.2) is 0 Å². The van der Waals surface area contributed by atoms with Crippen LogP contribution in [0.4, 0.5) is 5.69 Å². The number of benzene rings is 2. The molecule has 0 saturated carbocycles. The van der Waals surface area contributed by atoms with Gasteiger partial charge in [-0.15, -0.1) is 0 Å². The van der Waals surface area contributed by atoms with Gasteiger partial charge in [-0.1, -0.05) is 55.8 Å². The summed E-state index contributed by atoms with van der Waals surface area (Å²) in [6.45, 7) is 5.08. The third kappa shape index (κ3) is 5.08. The van der Waals surface area contributed by atoms with Crippen molar-refractivity contribution in [1.82, 2.24) is 5.32 Å². The number of carbonyl (C=O) groups is 1. The van der Waals surface area contributed by atoms with Crippen molar-refractivity contribution in [2.24, 2.45) is 0 Å². The maximum Gasteiger partial charge on any atom is 0.238 e. The molecule has 3 nitrogen and oxygen atoms in total. The summed E-state index contributed by atoms with van der Waals surface area (Å²) in [5.74, 6) is -0.0253. The lowest BCUT2D eigenvalue weighted by Crippen LogP contribution is -2.28. The van der Waals surface area contributed by atoms with Crippen LogP contribution in [0, 0.1) is 0 Å². The lowest BCUT2D eigenvalue weighted by Gasteiger charge is -2.14. The smallest absolute Gasteiger partial charge is 0.238 e. The molecule has 2 aromatic rings. The molecule has 4 heteroatoms. The summed E-state index contributed by atoms with van der Waals surface area (Å²) in [4.78, 5) is 12.2. The zero-order valence-corrected chi connectivity index (χ0v) is 14.4. The molecule has 23 heavy (non-hydrogen) atoms. The second-order valence-corrected chi connectivity index (χ2v) is 5.88. The molecular formula is C19H23ClN2O. The molecule has 0 saturated heterocycles. The average molecular weight is 331 g/mol. The zero-order chi connectivity index (χ0) is 16.7. The van der Waals surface area contributed by atoms with Crippen LogP contribution in [-0.2, 0) is 24.2 Å². The van der Waals surface area contributed by atoms with Crippen LogP contribution in [0.5, 0.6) is 0 Å². The fourth-order valence-corrected chi connectivity index (χ4v) is 2.77. The quantitative estimate of drug-likeness (QED) is 0.799. The van der Waals surface area contributed by atoms with Crippen molar-refractivity contribution in [3.05, 3.63) is 64.2 Å². The highest BCUT2D eigenvalue weighted by atomic mass is 35.5. The van der Waals surface area contributed by atoms with Crippen LogP contribution >= 0.6 is 11.6 Å². The van der Waals surface area contributed by atoms with Crippen LogP contribution in [0.1, 0.15) is 30.5 Å². The van der Waals surface area contributed by atoms with E-state index in [1.54, 1.807) is 0 Å². The van der Waals surface area contributed by atoms with Crippen molar-refractivity contribution in [3.8, 4) is 0 Å². The van der Waals surface area contributed by atoms with Gasteiger partial charge in [-0.05, 0) is 41.7 Å². The van der Waals surface area contributed by atoms with E-state index in [2.05, 4.69) is 36.6 Å². The molecule has 2 N–H and O–H groups in total. The number of aryl methyl sites for hydroxylation is 2. The number of nitrogens with one attached hydrogen (secondary N) is 2. The maximum atomic E-state index is 12.2. The molecule has 0 aliphatic heterocycles. The molecule has 0 heterocycles. The van der Waals surface area contributed by atoms with E-state index in [4.69, 9.17) is 11.6 Å². The number of para-hydroxylation sites is 1. The summed E-state index contributed by atoms with van der Waals surface area (Å²) in [5, 5.41) is 6.91. The minimum atomic E-state index is -0.0253. The average Bonchev–Trinajstić information content (AvgIpc) is 2.55. The van der Waals surface area contributed by atoms with Crippen LogP contribution in [0.15, 0.2) is 42.5 Å². The first-order valence-corrected chi connectivity index (χ1v) is 8.37. The Balaban J connectivity index is 1.92. The highest BCUT2D eigenvalue weighted by Gasteiger charge is 2.09. The first-order valence-electron chi connectivity index (χ1n) is 7.99. The summed E-state index contributed by atoms with van der Waals surface area (Å²) in [6, 6.07) is 13.8. The molecule has 0 aliphatic rings. The molecule has 0 unspecified atom stereocenters. The molecule has 2 aromatic carbocycles. The third-order valence-corrected chi connectivity index (χ3v) is 4.00. The summed E-state index contributed by atoms with van der Waals surface area (Å²) < 4.78 is 0. The fourth-order valence-electron chi connectivity index (χ4n) is 2.55. The van der Waals surface area contributed by atoms with Gasteiger partial charge >= 0.3 is 0 Å². The van der Waals surface area contributed by atoms with Gasteiger partial charge in [0.1, 0.15) is 0 Å². The highest BCUT2D eigenvalue weighted by Crippen LogP contribution is 2.22. The summed E-state index contributed by atoms with van der Waals surface area (Å²) >= 11 is 5.95. The van der Waals surface area contributed by atoms with Crippen molar-refractivity contribution >= 4 is 23.2 Å². The van der Waals surface area contributed by atoms with Crippen LogP contribution in [-0.4, -0.2) is 12.5 Å². The van der Waals surface area contributed by atoms with Crippen LogP contribution in [0.2, 0.25) is 5.02 Å². The van der Waals surface area contributed by atoms with E-state index in [0.717, 1.165) is 24.1 Å². The number of rotatable bonds is 7.